The molecule has 0 saturated carbocycles. The van der Waals surface area contributed by atoms with Crippen LogP contribution in [0.2, 0.25) is 0 Å². The number of aromatic nitrogens is 3. The van der Waals surface area contributed by atoms with Gasteiger partial charge < -0.3 is 5.11 Å². The average Bonchev–Trinajstić information content (AvgIpc) is 3.78. The Morgan fingerprint density at radius 2 is 1.10 bits per heavy atom. The lowest BCUT2D eigenvalue weighted by Gasteiger charge is -2.26. The van der Waals surface area contributed by atoms with E-state index < -0.39 is 6.85 Å². The summed E-state index contributed by atoms with van der Waals surface area (Å²) in [6, 6.07) is 63.3. The first-order valence-electron chi connectivity index (χ1n) is 26.5. The molecule has 0 aliphatic carbocycles. The Balaban J connectivity index is 1.24. The van der Waals surface area contributed by atoms with Crippen molar-refractivity contribution in [3.8, 4) is 89.7 Å². The highest BCUT2D eigenvalue weighted by molar-refractivity contribution is 5.99. The van der Waals surface area contributed by atoms with Crippen LogP contribution in [0.25, 0.3) is 95.0 Å². The van der Waals surface area contributed by atoms with Crippen molar-refractivity contribution < 1.29 is 9.22 Å². The smallest absolute Gasteiger partial charge is 0.149 e. The van der Waals surface area contributed by atoms with Crippen LogP contribution in [-0.4, -0.2) is 19.6 Å². The van der Waals surface area contributed by atoms with Gasteiger partial charge >= 0.3 is 0 Å². The molecule has 0 spiro atoms. The van der Waals surface area contributed by atoms with Gasteiger partial charge in [0.2, 0.25) is 0 Å². The van der Waals surface area contributed by atoms with E-state index in [-0.39, 0.29) is 22.0 Å². The van der Waals surface area contributed by atoms with Crippen molar-refractivity contribution in [2.45, 2.75) is 92.3 Å². The summed E-state index contributed by atoms with van der Waals surface area (Å²) >= 11 is 0. The van der Waals surface area contributed by atoms with Gasteiger partial charge in [-0.1, -0.05) is 201 Å². The predicted octanol–water partition coefficient (Wildman–Crippen LogP) is 18.3. The van der Waals surface area contributed by atoms with Crippen molar-refractivity contribution in [3.05, 3.63) is 216 Å². The fraction of sp³-hybridized carbons (Fsp3) is 0.206. The van der Waals surface area contributed by atoms with Crippen molar-refractivity contribution in [1.82, 2.24) is 14.5 Å². The topological polar surface area (TPSA) is 50.9 Å². The molecule has 0 atom stereocenters. The third kappa shape index (κ3) is 9.19. The molecule has 0 radical (unpaired) electrons. The number of phenols is 1. The maximum absolute atomic E-state index is 12.3. The van der Waals surface area contributed by atoms with Crippen molar-refractivity contribution in [1.29, 1.82) is 0 Å². The molecule has 0 saturated heterocycles. The molecular weight excluding hydrogens is 875 g/mol. The fourth-order valence-corrected chi connectivity index (χ4v) is 10.0. The Morgan fingerprint density at radius 3 is 1.76 bits per heavy atom. The van der Waals surface area contributed by atoms with Gasteiger partial charge in [-0.15, -0.1) is 0 Å². The van der Waals surface area contributed by atoms with Crippen LogP contribution in [-0.2, 0) is 16.2 Å². The summed E-state index contributed by atoms with van der Waals surface area (Å²) in [6.45, 7) is 19.9. The molecule has 1 N–H and O–H groups in total. The van der Waals surface area contributed by atoms with Crippen LogP contribution in [0, 0.1) is 13.8 Å². The third-order valence-corrected chi connectivity index (χ3v) is 14.0. The second-order valence-corrected chi connectivity index (χ2v) is 22.4. The molecule has 2 aromatic heterocycles. The molecule has 10 rings (SSSR count). The van der Waals surface area contributed by atoms with Crippen LogP contribution in [0.4, 0.5) is 0 Å². The number of rotatable bonds is 8. The maximum atomic E-state index is 12.3. The molecule has 0 aliphatic rings. The van der Waals surface area contributed by atoms with E-state index in [1.165, 1.54) is 16.7 Å². The highest BCUT2D eigenvalue weighted by atomic mass is 16.3. The van der Waals surface area contributed by atoms with Gasteiger partial charge in [0.15, 0.2) is 0 Å². The highest BCUT2D eigenvalue weighted by Crippen LogP contribution is 2.46. The summed E-state index contributed by atoms with van der Waals surface area (Å²) in [6.07, 6.45) is 1.82. The molecule has 72 heavy (non-hydrogen) atoms. The fourth-order valence-electron chi connectivity index (χ4n) is 10.0. The van der Waals surface area contributed by atoms with E-state index in [0.717, 1.165) is 89.2 Å². The number of imidazole rings is 1. The number of para-hydroxylation sites is 1. The minimum atomic E-state index is -2.18. The Labute approximate surface area is 431 Å². The van der Waals surface area contributed by atoms with Crippen molar-refractivity contribution >= 4 is 11.0 Å². The van der Waals surface area contributed by atoms with E-state index in [4.69, 9.17) is 14.1 Å². The van der Waals surface area contributed by atoms with Gasteiger partial charge in [0, 0.05) is 27.0 Å². The van der Waals surface area contributed by atoms with Crippen LogP contribution in [0.5, 0.6) is 5.75 Å². The molecule has 0 amide bonds. The van der Waals surface area contributed by atoms with E-state index in [1.54, 1.807) is 12.1 Å². The summed E-state index contributed by atoms with van der Waals surface area (Å²) in [7, 11) is 0. The summed E-state index contributed by atoms with van der Waals surface area (Å²) in [5.74, 6) is 0.835. The normalized spacial score (nSPS) is 12.9. The first-order valence-corrected chi connectivity index (χ1v) is 25.0. The molecule has 10 aromatic rings. The number of pyridine rings is 1. The number of phenolic OH excluding ortho intramolecular Hbond substituents is 1. The molecule has 0 fully saturated rings. The van der Waals surface area contributed by atoms with Crippen molar-refractivity contribution in [2.75, 3.05) is 0 Å². The third-order valence-electron chi connectivity index (χ3n) is 14.0. The van der Waals surface area contributed by atoms with Gasteiger partial charge in [-0.25, -0.2) is 4.98 Å². The molecule has 0 aliphatic heterocycles. The van der Waals surface area contributed by atoms with Crippen molar-refractivity contribution in [2.24, 2.45) is 0 Å². The molecule has 0 unspecified atom stereocenters. The van der Waals surface area contributed by atoms with Gasteiger partial charge in [0.25, 0.3) is 0 Å². The average molecular weight is 943 g/mol. The second-order valence-electron chi connectivity index (χ2n) is 22.4. The zero-order valence-corrected chi connectivity index (χ0v) is 43.2. The van der Waals surface area contributed by atoms with E-state index in [1.807, 2.05) is 31.3 Å². The van der Waals surface area contributed by atoms with E-state index in [9.17, 15) is 5.11 Å². The summed E-state index contributed by atoms with van der Waals surface area (Å²) in [5.41, 5.74) is 19.6. The Kier molecular flexibility index (Phi) is 11.3. The first kappa shape index (κ1) is 44.1. The summed E-state index contributed by atoms with van der Waals surface area (Å²) < 4.78 is 26.0. The second kappa shape index (κ2) is 18.4. The van der Waals surface area contributed by atoms with Gasteiger partial charge in [-0.05, 0) is 145 Å². The van der Waals surface area contributed by atoms with Crippen LogP contribution in [0.1, 0.15) is 94.2 Å². The van der Waals surface area contributed by atoms with Gasteiger partial charge in [-0.3, -0.25) is 9.55 Å². The molecule has 4 heteroatoms. The lowest BCUT2D eigenvalue weighted by molar-refractivity contribution is 0.471. The molecule has 0 bridgehead atoms. The van der Waals surface area contributed by atoms with Crippen LogP contribution >= 0.6 is 0 Å². The monoisotopic (exact) mass is 943 g/mol. The predicted molar refractivity (Wildman–Crippen MR) is 304 cm³/mol. The number of hydrogen-bond acceptors (Lipinski definition) is 3. The number of hydrogen-bond donors (Lipinski definition) is 1. The number of aryl methyl sites for hydroxylation is 2. The number of aromatic hydroxyl groups is 1. The SMILES string of the molecule is [2H]C([2H])([2H])c1ccc(-c2ccnc(-c3cc(-c4cccc5c4nc(-c4cc(C(C)(C)C)cc(C)c4O)n5-c4ccc(-c5c(-c6ccccc6)cccc5C(C)(C)C)cc4-c4ccccc4)cc(C(C)(C)C)c3)c2)cc1. The molecular formula is C68H65N3O. The standard InChI is InChI=1S/C68H65N3O/c1-43-28-30-45(31-29-43)48-34-35-69-59(41-48)51-37-50(38-53(39-51)67(6,7)8)55-25-19-27-61-63(55)70-65(57-42-52(66(3,4)5)36-44(2)64(57)72)71(61)60-33-32-49(40-56(60)47-22-16-13-17-23-47)62-54(46-20-14-12-15-21-46)24-18-26-58(62)68(9,10)11/h12-42,72H,1-11H3/i1D3. The number of benzene rings is 8. The quantitative estimate of drug-likeness (QED) is 0.165. The Bertz CT molecular complexity index is 3760. The molecule has 4 nitrogen and oxygen atoms in total. The lowest BCUT2D eigenvalue weighted by atomic mass is 9.78. The van der Waals surface area contributed by atoms with Gasteiger partial charge in [0.1, 0.15) is 11.6 Å². The Morgan fingerprint density at radius 1 is 0.472 bits per heavy atom. The van der Waals surface area contributed by atoms with E-state index in [0.29, 0.717) is 17.0 Å². The molecule has 358 valence electrons. The molecule has 8 aromatic carbocycles. The largest absolute Gasteiger partial charge is 0.507 e. The van der Waals surface area contributed by atoms with Gasteiger partial charge in [-0.2, -0.15) is 0 Å². The minimum Gasteiger partial charge on any atom is -0.507 e. The Hall–Kier alpha value is -7.82. The van der Waals surface area contributed by atoms with Crippen LogP contribution in [0.15, 0.2) is 188 Å². The molecule has 2 heterocycles. The number of fused-ring (bicyclic) bond motifs is 1. The van der Waals surface area contributed by atoms with Crippen LogP contribution < -0.4 is 0 Å². The summed E-state index contributed by atoms with van der Waals surface area (Å²) in [5, 5.41) is 12.3. The van der Waals surface area contributed by atoms with Crippen LogP contribution in [0.3, 0.4) is 0 Å². The minimum absolute atomic E-state index is 0.151. The summed E-state index contributed by atoms with van der Waals surface area (Å²) in [4.78, 5) is 10.6. The van der Waals surface area contributed by atoms with Gasteiger partial charge in [0.05, 0.1) is 28.0 Å². The van der Waals surface area contributed by atoms with E-state index in [2.05, 4.69) is 219 Å². The highest BCUT2D eigenvalue weighted by Gasteiger charge is 2.28. The first-order chi connectivity index (χ1) is 35.5. The lowest BCUT2D eigenvalue weighted by Crippen LogP contribution is -2.13. The number of nitrogens with zero attached hydrogens (tertiary/aromatic N) is 3. The maximum Gasteiger partial charge on any atom is 0.149 e. The van der Waals surface area contributed by atoms with Crippen molar-refractivity contribution in [3.63, 3.8) is 0 Å². The van der Waals surface area contributed by atoms with E-state index >= 15 is 0 Å². The zero-order valence-electron chi connectivity index (χ0n) is 46.2. The zero-order chi connectivity index (χ0) is 53.2.